The molecule has 2 amide bonds. The lowest BCUT2D eigenvalue weighted by atomic mass is 10.2. The number of benzene rings is 1. The molecule has 7 nitrogen and oxygen atoms in total. The van der Waals surface area contributed by atoms with Gasteiger partial charge in [0.2, 0.25) is 11.8 Å². The van der Waals surface area contributed by atoms with E-state index in [2.05, 4.69) is 4.74 Å². The summed E-state index contributed by atoms with van der Waals surface area (Å²) in [5.41, 5.74) is 0.626. The number of carbonyl (C=O) groups excluding carboxylic acids is 4. The Morgan fingerprint density at radius 3 is 2.18 bits per heavy atom. The Balaban J connectivity index is 1.99. The van der Waals surface area contributed by atoms with Gasteiger partial charge in [0.05, 0.1) is 17.9 Å². The summed E-state index contributed by atoms with van der Waals surface area (Å²) in [4.78, 5) is 47.1. The van der Waals surface area contributed by atoms with Crippen molar-refractivity contribution in [3.05, 3.63) is 29.8 Å². The molecule has 1 aliphatic heterocycles. The monoisotopic (exact) mass is 305 g/mol. The van der Waals surface area contributed by atoms with E-state index < -0.39 is 18.5 Å². The highest BCUT2D eigenvalue weighted by Gasteiger charge is 2.30. The van der Waals surface area contributed by atoms with Crippen LogP contribution >= 0.6 is 0 Å². The number of anilines is 1. The zero-order chi connectivity index (χ0) is 16.1. The van der Waals surface area contributed by atoms with Crippen LogP contribution in [-0.2, 0) is 23.9 Å². The predicted octanol–water partition coefficient (Wildman–Crippen LogP) is 1.06. The summed E-state index contributed by atoms with van der Waals surface area (Å²) in [5, 5.41) is 0. The molecule has 2 rings (SSSR count). The van der Waals surface area contributed by atoms with Gasteiger partial charge in [-0.15, -0.1) is 0 Å². The first kappa shape index (κ1) is 15.7. The van der Waals surface area contributed by atoms with E-state index in [0.717, 1.165) is 4.90 Å². The standard InChI is InChI=1S/C15H15NO6/c1-2-21-14(19)9-22-15(20)10-3-5-11(6-4-10)16-12(17)7-8-13(16)18/h3-6H,2,7-9H2,1H3. The van der Waals surface area contributed by atoms with Gasteiger partial charge < -0.3 is 9.47 Å². The van der Waals surface area contributed by atoms with Crippen molar-refractivity contribution in [3.8, 4) is 0 Å². The number of nitrogens with zero attached hydrogens (tertiary/aromatic N) is 1. The normalized spacial score (nSPS) is 14.1. The minimum absolute atomic E-state index is 0.197. The zero-order valence-corrected chi connectivity index (χ0v) is 12.0. The topological polar surface area (TPSA) is 90.0 Å². The fraction of sp³-hybridized carbons (Fsp3) is 0.333. The highest BCUT2D eigenvalue weighted by atomic mass is 16.6. The fourth-order valence-corrected chi connectivity index (χ4v) is 2.02. The Kier molecular flexibility index (Phi) is 4.88. The van der Waals surface area contributed by atoms with Crippen LogP contribution in [-0.4, -0.2) is 37.0 Å². The van der Waals surface area contributed by atoms with Gasteiger partial charge in [0.25, 0.3) is 0 Å². The van der Waals surface area contributed by atoms with Gasteiger partial charge in [0, 0.05) is 12.8 Å². The summed E-state index contributed by atoms with van der Waals surface area (Å²) in [6.07, 6.45) is 0.393. The molecule has 1 aromatic carbocycles. The highest BCUT2D eigenvalue weighted by Crippen LogP contribution is 2.22. The van der Waals surface area contributed by atoms with Gasteiger partial charge in [-0.1, -0.05) is 0 Å². The maximum atomic E-state index is 11.7. The molecule has 22 heavy (non-hydrogen) atoms. The highest BCUT2D eigenvalue weighted by molar-refractivity contribution is 6.19. The molecule has 0 bridgehead atoms. The van der Waals surface area contributed by atoms with Crippen molar-refractivity contribution >= 4 is 29.4 Å². The number of rotatable bonds is 5. The molecule has 0 N–H and O–H groups in total. The number of ether oxygens (including phenoxy) is 2. The summed E-state index contributed by atoms with van der Waals surface area (Å²) in [6.45, 7) is 1.40. The van der Waals surface area contributed by atoms with Crippen LogP contribution in [0.1, 0.15) is 30.1 Å². The van der Waals surface area contributed by atoms with Crippen LogP contribution in [0.3, 0.4) is 0 Å². The number of hydrogen-bond acceptors (Lipinski definition) is 6. The van der Waals surface area contributed by atoms with Crippen LogP contribution in [0.15, 0.2) is 24.3 Å². The molecular formula is C15H15NO6. The van der Waals surface area contributed by atoms with Gasteiger partial charge in [0.15, 0.2) is 6.61 Å². The van der Waals surface area contributed by atoms with Crippen LogP contribution in [0.2, 0.25) is 0 Å². The molecule has 1 fully saturated rings. The van der Waals surface area contributed by atoms with Crippen molar-refractivity contribution < 1.29 is 28.7 Å². The van der Waals surface area contributed by atoms with Crippen molar-refractivity contribution in [3.63, 3.8) is 0 Å². The Hall–Kier alpha value is -2.70. The van der Waals surface area contributed by atoms with E-state index in [1.54, 1.807) is 6.92 Å². The average molecular weight is 305 g/mol. The van der Waals surface area contributed by atoms with Gasteiger partial charge in [-0.3, -0.25) is 14.5 Å². The maximum absolute atomic E-state index is 11.7. The summed E-state index contributed by atoms with van der Waals surface area (Å²) in [6, 6.07) is 5.84. The average Bonchev–Trinajstić information content (AvgIpc) is 2.84. The second kappa shape index (κ2) is 6.84. The van der Waals surface area contributed by atoms with Crippen LogP contribution in [0, 0.1) is 0 Å². The largest absolute Gasteiger partial charge is 0.463 e. The van der Waals surface area contributed by atoms with Gasteiger partial charge in [-0.2, -0.15) is 0 Å². The van der Waals surface area contributed by atoms with Gasteiger partial charge in [0.1, 0.15) is 0 Å². The smallest absolute Gasteiger partial charge is 0.344 e. The fourth-order valence-electron chi connectivity index (χ4n) is 2.02. The van der Waals surface area contributed by atoms with E-state index in [1.807, 2.05) is 0 Å². The van der Waals surface area contributed by atoms with E-state index in [0.29, 0.717) is 5.69 Å². The third kappa shape index (κ3) is 3.49. The first-order valence-electron chi connectivity index (χ1n) is 6.81. The van der Waals surface area contributed by atoms with Gasteiger partial charge in [-0.05, 0) is 31.2 Å². The SMILES string of the molecule is CCOC(=O)COC(=O)c1ccc(N2C(=O)CCC2=O)cc1. The zero-order valence-electron chi connectivity index (χ0n) is 12.0. The third-order valence-corrected chi connectivity index (χ3v) is 3.04. The lowest BCUT2D eigenvalue weighted by molar-refractivity contribution is -0.146. The van der Waals surface area contributed by atoms with E-state index in [9.17, 15) is 19.2 Å². The summed E-state index contributed by atoms with van der Waals surface area (Å²) in [7, 11) is 0. The molecule has 0 saturated carbocycles. The van der Waals surface area contributed by atoms with Crippen LogP contribution in [0.25, 0.3) is 0 Å². The summed E-state index contributed by atoms with van der Waals surface area (Å²) >= 11 is 0. The molecule has 0 radical (unpaired) electrons. The minimum Gasteiger partial charge on any atom is -0.463 e. The number of amides is 2. The Morgan fingerprint density at radius 2 is 1.64 bits per heavy atom. The number of carbonyl (C=O) groups is 4. The van der Waals surface area contributed by atoms with Crippen molar-refractivity contribution in [2.24, 2.45) is 0 Å². The Bertz CT molecular complexity index is 591. The predicted molar refractivity (Wildman–Crippen MR) is 75.1 cm³/mol. The molecule has 1 saturated heterocycles. The Morgan fingerprint density at radius 1 is 1.05 bits per heavy atom. The molecule has 0 unspecified atom stereocenters. The van der Waals surface area contributed by atoms with E-state index in [-0.39, 0.29) is 36.8 Å². The number of esters is 2. The second-order valence-electron chi connectivity index (χ2n) is 4.55. The van der Waals surface area contributed by atoms with Crippen LogP contribution in [0.5, 0.6) is 0 Å². The van der Waals surface area contributed by atoms with E-state index in [1.165, 1.54) is 24.3 Å². The summed E-state index contributed by atoms with van der Waals surface area (Å²) < 4.78 is 9.43. The van der Waals surface area contributed by atoms with Crippen molar-refractivity contribution in [2.75, 3.05) is 18.1 Å². The third-order valence-electron chi connectivity index (χ3n) is 3.04. The molecule has 7 heteroatoms. The number of hydrogen-bond donors (Lipinski definition) is 0. The molecule has 1 heterocycles. The maximum Gasteiger partial charge on any atom is 0.344 e. The van der Waals surface area contributed by atoms with Crippen molar-refractivity contribution in [1.82, 2.24) is 0 Å². The molecular weight excluding hydrogens is 290 g/mol. The minimum atomic E-state index is -0.682. The molecule has 116 valence electrons. The van der Waals surface area contributed by atoms with E-state index in [4.69, 9.17) is 4.74 Å². The number of imide groups is 1. The first-order valence-corrected chi connectivity index (χ1v) is 6.81. The molecule has 0 atom stereocenters. The lowest BCUT2D eigenvalue weighted by Gasteiger charge is -2.13. The second-order valence-corrected chi connectivity index (χ2v) is 4.55. The first-order chi connectivity index (χ1) is 10.5. The van der Waals surface area contributed by atoms with Gasteiger partial charge in [-0.25, -0.2) is 9.59 Å². The van der Waals surface area contributed by atoms with E-state index >= 15 is 0 Å². The van der Waals surface area contributed by atoms with Gasteiger partial charge >= 0.3 is 11.9 Å². The quantitative estimate of drug-likeness (QED) is 0.597. The molecule has 1 aliphatic rings. The van der Waals surface area contributed by atoms with Crippen molar-refractivity contribution in [1.29, 1.82) is 0 Å². The van der Waals surface area contributed by atoms with Crippen LogP contribution < -0.4 is 4.90 Å². The van der Waals surface area contributed by atoms with Crippen molar-refractivity contribution in [2.45, 2.75) is 19.8 Å². The lowest BCUT2D eigenvalue weighted by Crippen LogP contribution is -2.28. The molecule has 1 aromatic rings. The Labute approximate surface area is 126 Å². The molecule has 0 spiro atoms. The summed E-state index contributed by atoms with van der Waals surface area (Å²) in [5.74, 6) is -1.83. The molecule has 0 aliphatic carbocycles. The molecule has 0 aromatic heterocycles. The van der Waals surface area contributed by atoms with Crippen LogP contribution in [0.4, 0.5) is 5.69 Å².